The predicted molar refractivity (Wildman–Crippen MR) is 65.0 cm³/mol. The van der Waals surface area contributed by atoms with Gasteiger partial charge in [0.15, 0.2) is 6.61 Å². The summed E-state index contributed by atoms with van der Waals surface area (Å²) in [6, 6.07) is -0.190. The maximum absolute atomic E-state index is 12.2. The third-order valence-corrected chi connectivity index (χ3v) is 2.10. The summed E-state index contributed by atoms with van der Waals surface area (Å²) < 4.78 is 30.4. The van der Waals surface area contributed by atoms with Gasteiger partial charge in [-0.1, -0.05) is 6.92 Å². The minimum Gasteiger partial charge on any atom is -0.457 e. The van der Waals surface area contributed by atoms with Gasteiger partial charge in [0.25, 0.3) is 12.4 Å². The number of hydrogen-bond acceptors (Lipinski definition) is 7. The van der Waals surface area contributed by atoms with Gasteiger partial charge >= 0.3 is 6.01 Å². The highest BCUT2D eigenvalue weighted by atomic mass is 19.3. The zero-order valence-electron chi connectivity index (χ0n) is 10.7. The van der Waals surface area contributed by atoms with Gasteiger partial charge in [-0.25, -0.2) is 13.8 Å². The first-order valence-electron chi connectivity index (χ1n) is 5.95. The van der Waals surface area contributed by atoms with E-state index in [1.54, 1.807) is 0 Å². The Labute approximate surface area is 113 Å². The number of nitrogens with one attached hydrogen (secondary N) is 1. The Bertz CT molecular complexity index is 534. The van der Waals surface area contributed by atoms with Crippen molar-refractivity contribution in [2.75, 3.05) is 18.5 Å². The van der Waals surface area contributed by atoms with Crippen molar-refractivity contribution in [2.45, 2.75) is 19.8 Å². The molecule has 0 aromatic carbocycles. The van der Waals surface area contributed by atoms with Crippen LogP contribution in [0.15, 0.2) is 12.7 Å². The second kappa shape index (κ2) is 6.68. The molecular formula is C10H13F2N7O. The van der Waals surface area contributed by atoms with Crippen LogP contribution in [0.4, 0.5) is 14.7 Å². The lowest BCUT2D eigenvalue weighted by atomic mass is 10.5. The molecule has 2 aromatic heterocycles. The largest absolute Gasteiger partial charge is 0.457 e. The monoisotopic (exact) mass is 285 g/mol. The highest BCUT2D eigenvalue weighted by Gasteiger charge is 2.11. The average molecular weight is 285 g/mol. The number of ether oxygens (including phenoxy) is 1. The van der Waals surface area contributed by atoms with Crippen LogP contribution < -0.4 is 10.1 Å². The maximum Gasteiger partial charge on any atom is 0.323 e. The fraction of sp³-hybridized carbons (Fsp3) is 0.500. The van der Waals surface area contributed by atoms with Crippen LogP contribution in [0.3, 0.4) is 0 Å². The maximum atomic E-state index is 12.2. The molecule has 0 unspecified atom stereocenters. The van der Waals surface area contributed by atoms with E-state index < -0.39 is 13.0 Å². The Morgan fingerprint density at radius 2 is 2.20 bits per heavy atom. The van der Waals surface area contributed by atoms with Crippen LogP contribution in [0, 0.1) is 0 Å². The summed E-state index contributed by atoms with van der Waals surface area (Å²) in [6.45, 7) is 1.82. The summed E-state index contributed by atoms with van der Waals surface area (Å²) in [5.41, 5.74) is 0. The van der Waals surface area contributed by atoms with Gasteiger partial charge in [-0.05, 0) is 6.42 Å². The van der Waals surface area contributed by atoms with Crippen molar-refractivity contribution in [1.82, 2.24) is 29.7 Å². The molecule has 108 valence electrons. The summed E-state index contributed by atoms with van der Waals surface area (Å²) >= 11 is 0. The van der Waals surface area contributed by atoms with Gasteiger partial charge in [0, 0.05) is 6.54 Å². The van der Waals surface area contributed by atoms with Crippen LogP contribution in [-0.2, 0) is 0 Å². The molecule has 0 aliphatic heterocycles. The zero-order valence-corrected chi connectivity index (χ0v) is 10.7. The van der Waals surface area contributed by atoms with Gasteiger partial charge < -0.3 is 10.1 Å². The second-order valence-corrected chi connectivity index (χ2v) is 3.71. The Morgan fingerprint density at radius 1 is 1.35 bits per heavy atom. The topological polar surface area (TPSA) is 90.6 Å². The number of halogens is 2. The Morgan fingerprint density at radius 3 is 2.85 bits per heavy atom. The van der Waals surface area contributed by atoms with Gasteiger partial charge in [-0.15, -0.1) is 0 Å². The van der Waals surface area contributed by atoms with E-state index in [0.29, 0.717) is 6.54 Å². The SMILES string of the molecule is CCCNc1nc(OCC(F)F)nc(-n2cncn2)n1. The lowest BCUT2D eigenvalue weighted by Crippen LogP contribution is -2.14. The smallest absolute Gasteiger partial charge is 0.323 e. The van der Waals surface area contributed by atoms with Crippen LogP contribution >= 0.6 is 0 Å². The number of aromatic nitrogens is 6. The van der Waals surface area contributed by atoms with Crippen molar-refractivity contribution in [3.05, 3.63) is 12.7 Å². The molecule has 0 radical (unpaired) electrons. The van der Waals surface area contributed by atoms with E-state index in [2.05, 4.69) is 30.4 Å². The molecule has 0 atom stereocenters. The fourth-order valence-electron chi connectivity index (χ4n) is 1.28. The third-order valence-electron chi connectivity index (χ3n) is 2.10. The van der Waals surface area contributed by atoms with E-state index in [-0.39, 0.29) is 17.9 Å². The standard InChI is InChI=1S/C10H13F2N7O/c1-2-3-14-8-16-9(19-6-13-5-15-19)18-10(17-8)20-4-7(11)12/h5-7H,2-4H2,1H3,(H,14,16,17,18). The van der Waals surface area contributed by atoms with Crippen molar-refractivity contribution < 1.29 is 13.5 Å². The molecule has 0 aliphatic carbocycles. The van der Waals surface area contributed by atoms with Crippen molar-refractivity contribution in [3.8, 4) is 12.0 Å². The molecule has 8 nitrogen and oxygen atoms in total. The first-order valence-corrected chi connectivity index (χ1v) is 5.95. The summed E-state index contributed by atoms with van der Waals surface area (Å²) in [5.74, 6) is 0.372. The van der Waals surface area contributed by atoms with Gasteiger partial charge in [0.2, 0.25) is 5.95 Å². The Hall–Kier alpha value is -2.39. The molecule has 0 spiro atoms. The van der Waals surface area contributed by atoms with Crippen LogP contribution in [0.5, 0.6) is 6.01 Å². The van der Waals surface area contributed by atoms with E-state index in [4.69, 9.17) is 4.74 Å². The van der Waals surface area contributed by atoms with Crippen LogP contribution in [-0.4, -0.2) is 49.3 Å². The molecular weight excluding hydrogens is 272 g/mol. The zero-order chi connectivity index (χ0) is 14.4. The normalized spacial score (nSPS) is 10.8. The van der Waals surface area contributed by atoms with Crippen LogP contribution in [0.2, 0.25) is 0 Å². The minimum absolute atomic E-state index is 0.139. The number of nitrogens with zero attached hydrogens (tertiary/aromatic N) is 6. The number of hydrogen-bond donors (Lipinski definition) is 1. The molecule has 2 heterocycles. The van der Waals surface area contributed by atoms with Gasteiger partial charge in [0.05, 0.1) is 0 Å². The van der Waals surface area contributed by atoms with Crippen molar-refractivity contribution >= 4 is 5.95 Å². The summed E-state index contributed by atoms with van der Waals surface area (Å²) in [6.07, 6.45) is 0.948. The second-order valence-electron chi connectivity index (χ2n) is 3.71. The lowest BCUT2D eigenvalue weighted by Gasteiger charge is -2.08. The quantitative estimate of drug-likeness (QED) is 0.808. The summed E-state index contributed by atoms with van der Waals surface area (Å²) in [5, 5.41) is 6.80. The average Bonchev–Trinajstić information content (AvgIpc) is 2.97. The van der Waals surface area contributed by atoms with E-state index in [9.17, 15) is 8.78 Å². The third kappa shape index (κ3) is 3.80. The highest BCUT2D eigenvalue weighted by Crippen LogP contribution is 2.11. The predicted octanol–water partition coefficient (Wildman–Crippen LogP) is 0.918. The van der Waals surface area contributed by atoms with Gasteiger partial charge in [-0.3, -0.25) is 0 Å². The molecule has 0 fully saturated rings. The highest BCUT2D eigenvalue weighted by molar-refractivity contribution is 5.29. The van der Waals surface area contributed by atoms with Crippen molar-refractivity contribution in [1.29, 1.82) is 0 Å². The lowest BCUT2D eigenvalue weighted by molar-refractivity contribution is 0.0769. The van der Waals surface area contributed by atoms with Crippen LogP contribution in [0.25, 0.3) is 5.95 Å². The number of rotatable bonds is 7. The minimum atomic E-state index is -2.60. The number of anilines is 1. The molecule has 0 saturated carbocycles. The van der Waals surface area contributed by atoms with E-state index in [1.807, 2.05) is 6.92 Å². The van der Waals surface area contributed by atoms with E-state index in [1.165, 1.54) is 17.3 Å². The summed E-state index contributed by atoms with van der Waals surface area (Å²) in [4.78, 5) is 15.7. The molecule has 2 aromatic rings. The Balaban J connectivity index is 2.24. The summed E-state index contributed by atoms with van der Waals surface area (Å²) in [7, 11) is 0. The van der Waals surface area contributed by atoms with Crippen LogP contribution in [0.1, 0.15) is 13.3 Å². The molecule has 0 amide bonds. The van der Waals surface area contributed by atoms with E-state index in [0.717, 1.165) is 6.42 Å². The first kappa shape index (κ1) is 14.0. The molecule has 0 bridgehead atoms. The van der Waals surface area contributed by atoms with Gasteiger partial charge in [0.1, 0.15) is 12.7 Å². The van der Waals surface area contributed by atoms with Gasteiger partial charge in [-0.2, -0.15) is 24.7 Å². The number of alkyl halides is 2. The molecule has 0 aliphatic rings. The van der Waals surface area contributed by atoms with Crippen molar-refractivity contribution in [3.63, 3.8) is 0 Å². The first-order chi connectivity index (χ1) is 9.69. The molecule has 20 heavy (non-hydrogen) atoms. The van der Waals surface area contributed by atoms with E-state index >= 15 is 0 Å². The molecule has 2 rings (SSSR count). The molecule has 10 heteroatoms. The molecule has 1 N–H and O–H groups in total. The Kier molecular flexibility index (Phi) is 4.69. The fourth-order valence-corrected chi connectivity index (χ4v) is 1.28. The molecule has 0 saturated heterocycles. The van der Waals surface area contributed by atoms with Crippen molar-refractivity contribution in [2.24, 2.45) is 0 Å².